The number of carboxylic acids is 1. The third-order valence-corrected chi connectivity index (χ3v) is 1.42. The Hall–Kier alpha value is -1.38. The molecular weight excluding hydrogens is 305 g/mol. The first-order valence-corrected chi connectivity index (χ1v) is 3.23. The molecule has 2 N–H and O–H groups in total. The quantitative estimate of drug-likeness (QED) is 0.491. The van der Waals surface area contributed by atoms with Crippen molar-refractivity contribution in [3.63, 3.8) is 0 Å². The first kappa shape index (κ1) is 12.6. The second kappa shape index (κ2) is 4.74. The molecule has 0 amide bonds. The largest absolute Gasteiger partial charge is 0.502 e. The summed E-state index contributed by atoms with van der Waals surface area (Å²) in [5.41, 5.74) is -0.843. The van der Waals surface area contributed by atoms with Crippen LogP contribution in [0.3, 0.4) is 0 Å². The lowest BCUT2D eigenvalue weighted by molar-refractivity contribution is -0.385. The number of nitrogens with zero attached hydrogens (tertiary/aromatic N) is 1. The van der Waals surface area contributed by atoms with Crippen LogP contribution in [0.25, 0.3) is 0 Å². The van der Waals surface area contributed by atoms with Crippen molar-refractivity contribution in [3.8, 4) is 5.75 Å². The highest BCUT2D eigenvalue weighted by Crippen LogP contribution is 2.25. The van der Waals surface area contributed by atoms with Crippen molar-refractivity contribution in [3.05, 3.63) is 33.9 Å². The highest BCUT2D eigenvalue weighted by Gasteiger charge is 2.15. The van der Waals surface area contributed by atoms with Crippen LogP contribution in [0.15, 0.2) is 18.2 Å². The smallest absolute Gasteiger partial charge is 0.335 e. The van der Waals surface area contributed by atoms with Gasteiger partial charge in [-0.1, -0.05) is 0 Å². The lowest BCUT2D eigenvalue weighted by atomic mass is 10.2. The second-order valence-corrected chi connectivity index (χ2v) is 2.27. The Kier molecular flexibility index (Phi) is 4.28. The zero-order chi connectivity index (χ0) is 10.0. The number of hydrogen-bond donors (Lipinski definition) is 2. The van der Waals surface area contributed by atoms with Gasteiger partial charge in [0.15, 0.2) is 5.75 Å². The van der Waals surface area contributed by atoms with Crippen molar-refractivity contribution in [2.24, 2.45) is 0 Å². The molecule has 0 atom stereocenters. The van der Waals surface area contributed by atoms with Gasteiger partial charge in [-0.25, -0.2) is 4.79 Å². The van der Waals surface area contributed by atoms with Crippen LogP contribution in [0.5, 0.6) is 5.75 Å². The molecule has 0 fully saturated rings. The molecule has 0 bridgehead atoms. The number of phenolic OH excluding ortho intramolecular Hbond substituents is 1. The normalized spacial score (nSPS) is 8.86. The van der Waals surface area contributed by atoms with Gasteiger partial charge in [0.2, 0.25) is 0 Å². The average Bonchev–Trinajstić information content (AvgIpc) is 2.04. The fraction of sp³-hybridized carbons (Fsp3) is 0. The van der Waals surface area contributed by atoms with E-state index in [2.05, 4.69) is 0 Å². The van der Waals surface area contributed by atoms with Crippen molar-refractivity contribution in [1.29, 1.82) is 0 Å². The SMILES string of the molecule is I.O=C(O)c1ccc(O)c([N+](=O)[O-])c1. The molecule has 7 heteroatoms. The summed E-state index contributed by atoms with van der Waals surface area (Å²) in [6.07, 6.45) is 0. The summed E-state index contributed by atoms with van der Waals surface area (Å²) >= 11 is 0. The number of nitro groups is 1. The van der Waals surface area contributed by atoms with E-state index >= 15 is 0 Å². The van der Waals surface area contributed by atoms with Gasteiger partial charge >= 0.3 is 11.7 Å². The van der Waals surface area contributed by atoms with Crippen molar-refractivity contribution in [2.45, 2.75) is 0 Å². The maximum Gasteiger partial charge on any atom is 0.335 e. The van der Waals surface area contributed by atoms with Gasteiger partial charge in [-0.3, -0.25) is 10.1 Å². The lowest BCUT2D eigenvalue weighted by Gasteiger charge is -1.96. The molecule has 0 aliphatic carbocycles. The minimum atomic E-state index is -1.27. The molecule has 1 rings (SSSR count). The van der Waals surface area contributed by atoms with E-state index in [9.17, 15) is 14.9 Å². The summed E-state index contributed by atoms with van der Waals surface area (Å²) in [6.45, 7) is 0. The Morgan fingerprint density at radius 3 is 2.43 bits per heavy atom. The molecule has 1 aromatic carbocycles. The molecule has 6 nitrogen and oxygen atoms in total. The number of aromatic hydroxyl groups is 1. The molecule has 0 aliphatic rings. The number of rotatable bonds is 2. The summed E-state index contributed by atoms with van der Waals surface area (Å²) in [5.74, 6) is -1.82. The third kappa shape index (κ3) is 2.55. The molecule has 0 radical (unpaired) electrons. The van der Waals surface area contributed by atoms with E-state index in [1.165, 1.54) is 0 Å². The number of aromatic carboxylic acids is 1. The van der Waals surface area contributed by atoms with Crippen LogP contribution in [0.2, 0.25) is 0 Å². The second-order valence-electron chi connectivity index (χ2n) is 2.27. The predicted octanol–water partition coefficient (Wildman–Crippen LogP) is 1.62. The topological polar surface area (TPSA) is 101 Å². The fourth-order valence-electron chi connectivity index (χ4n) is 0.803. The number of carboxylic acid groups (broad SMARTS) is 1. The van der Waals surface area contributed by atoms with Gasteiger partial charge < -0.3 is 10.2 Å². The van der Waals surface area contributed by atoms with Crippen LogP contribution in [0.4, 0.5) is 5.69 Å². The summed E-state index contributed by atoms with van der Waals surface area (Å²) in [7, 11) is 0. The van der Waals surface area contributed by atoms with E-state index in [0.29, 0.717) is 0 Å². The maximum absolute atomic E-state index is 10.4. The Balaban J connectivity index is 0.00000169. The molecule has 0 aliphatic heterocycles. The molecular formula is C7H6INO5. The molecule has 0 heterocycles. The number of benzene rings is 1. The Morgan fingerprint density at radius 2 is 2.00 bits per heavy atom. The Morgan fingerprint density at radius 1 is 1.43 bits per heavy atom. The third-order valence-electron chi connectivity index (χ3n) is 1.42. The Bertz CT molecular complexity index is 378. The van der Waals surface area contributed by atoms with Gasteiger partial charge in [-0.05, 0) is 12.1 Å². The fourth-order valence-corrected chi connectivity index (χ4v) is 0.803. The van der Waals surface area contributed by atoms with Crippen LogP contribution in [0.1, 0.15) is 10.4 Å². The molecule has 0 spiro atoms. The number of halogens is 1. The molecule has 0 saturated heterocycles. The van der Waals surface area contributed by atoms with Crippen molar-refractivity contribution in [2.75, 3.05) is 0 Å². The Labute approximate surface area is 95.3 Å². The maximum atomic E-state index is 10.4. The van der Waals surface area contributed by atoms with E-state index in [4.69, 9.17) is 10.2 Å². The molecule has 14 heavy (non-hydrogen) atoms. The first-order valence-electron chi connectivity index (χ1n) is 3.23. The first-order chi connectivity index (χ1) is 6.02. The zero-order valence-electron chi connectivity index (χ0n) is 6.71. The number of carbonyl (C=O) groups is 1. The van der Waals surface area contributed by atoms with Crippen molar-refractivity contribution in [1.82, 2.24) is 0 Å². The number of phenols is 1. The van der Waals surface area contributed by atoms with Gasteiger partial charge in [0.05, 0.1) is 10.5 Å². The van der Waals surface area contributed by atoms with Crippen molar-refractivity contribution >= 4 is 35.6 Å². The van der Waals surface area contributed by atoms with Gasteiger partial charge in [0, 0.05) is 6.07 Å². The minimum Gasteiger partial charge on any atom is -0.502 e. The van der Waals surface area contributed by atoms with Crippen molar-refractivity contribution < 1.29 is 19.9 Å². The summed E-state index contributed by atoms with van der Waals surface area (Å²) in [6, 6.07) is 2.86. The number of hydrogen-bond acceptors (Lipinski definition) is 4. The van der Waals surface area contributed by atoms with E-state index in [1.54, 1.807) is 0 Å². The number of nitro benzene ring substituents is 1. The molecule has 0 saturated carbocycles. The highest BCUT2D eigenvalue weighted by molar-refractivity contribution is 14.0. The van der Waals surface area contributed by atoms with Crippen LogP contribution in [-0.2, 0) is 0 Å². The zero-order valence-corrected chi connectivity index (χ0v) is 9.04. The summed E-state index contributed by atoms with van der Waals surface area (Å²) in [4.78, 5) is 19.8. The highest BCUT2D eigenvalue weighted by atomic mass is 127. The molecule has 1 aromatic rings. The standard InChI is InChI=1S/C7H5NO5.HI/c9-6-2-1-4(7(10)11)3-5(6)8(12)13;/h1-3,9H,(H,10,11);1H. The molecule has 76 valence electrons. The van der Waals surface area contributed by atoms with Crippen LogP contribution in [0, 0.1) is 10.1 Å². The van der Waals surface area contributed by atoms with E-state index in [1.807, 2.05) is 0 Å². The van der Waals surface area contributed by atoms with Gasteiger partial charge in [0.25, 0.3) is 0 Å². The lowest BCUT2D eigenvalue weighted by Crippen LogP contribution is -1.97. The molecule has 0 unspecified atom stereocenters. The van der Waals surface area contributed by atoms with E-state index in [-0.39, 0.29) is 29.5 Å². The molecule has 0 aromatic heterocycles. The van der Waals surface area contributed by atoms with Crippen LogP contribution >= 0.6 is 24.0 Å². The van der Waals surface area contributed by atoms with Crippen LogP contribution in [-0.4, -0.2) is 21.1 Å². The van der Waals surface area contributed by atoms with E-state index in [0.717, 1.165) is 18.2 Å². The summed E-state index contributed by atoms with van der Waals surface area (Å²) < 4.78 is 0. The van der Waals surface area contributed by atoms with E-state index < -0.39 is 22.3 Å². The minimum absolute atomic E-state index is 0. The predicted molar refractivity (Wildman–Crippen MR) is 57.1 cm³/mol. The summed E-state index contributed by atoms with van der Waals surface area (Å²) in [5, 5.41) is 27.7. The monoisotopic (exact) mass is 311 g/mol. The average molecular weight is 311 g/mol. The van der Waals surface area contributed by atoms with Gasteiger partial charge in [-0.2, -0.15) is 0 Å². The van der Waals surface area contributed by atoms with Crippen LogP contribution < -0.4 is 0 Å². The van der Waals surface area contributed by atoms with Gasteiger partial charge in [0.1, 0.15) is 0 Å². The van der Waals surface area contributed by atoms with Gasteiger partial charge in [-0.15, -0.1) is 24.0 Å².